The van der Waals surface area contributed by atoms with Crippen LogP contribution in [0.3, 0.4) is 0 Å². The SMILES string of the molecule is COc1ccc(C(O)c2ccc(OC)c3c2[nH]c2ccccc23)c2[nH]c3ccccc3c12. The number of fused-ring (bicyclic) bond motifs is 6. The number of ether oxygens (including phenoxy) is 2. The Morgan fingerprint density at radius 3 is 1.50 bits per heavy atom. The Hall–Kier alpha value is -3.96. The van der Waals surface area contributed by atoms with Crippen molar-refractivity contribution < 1.29 is 14.6 Å². The first kappa shape index (κ1) is 18.8. The van der Waals surface area contributed by atoms with E-state index in [2.05, 4.69) is 22.1 Å². The van der Waals surface area contributed by atoms with Crippen LogP contribution in [0.25, 0.3) is 43.6 Å². The first-order valence-electron chi connectivity index (χ1n) is 10.5. The molecule has 0 unspecified atom stereocenters. The molecule has 4 aromatic carbocycles. The summed E-state index contributed by atoms with van der Waals surface area (Å²) in [5.41, 5.74) is 5.34. The average molecular weight is 422 g/mol. The Balaban J connectivity index is 1.64. The quantitative estimate of drug-likeness (QED) is 0.324. The number of benzene rings is 4. The molecule has 3 N–H and O–H groups in total. The average Bonchev–Trinajstić information content (AvgIpc) is 3.42. The zero-order valence-electron chi connectivity index (χ0n) is 17.8. The molecule has 158 valence electrons. The highest BCUT2D eigenvalue weighted by molar-refractivity contribution is 6.13. The van der Waals surface area contributed by atoms with Crippen LogP contribution in [-0.2, 0) is 0 Å². The fourth-order valence-corrected chi connectivity index (χ4v) is 4.86. The highest BCUT2D eigenvalue weighted by atomic mass is 16.5. The number of aromatic nitrogens is 2. The molecule has 2 aromatic heterocycles. The molecule has 6 rings (SSSR count). The van der Waals surface area contributed by atoms with Gasteiger partial charge in [-0.15, -0.1) is 0 Å². The van der Waals surface area contributed by atoms with Crippen LogP contribution in [0.5, 0.6) is 11.5 Å². The maximum Gasteiger partial charge on any atom is 0.128 e. The second kappa shape index (κ2) is 7.04. The summed E-state index contributed by atoms with van der Waals surface area (Å²) in [6.45, 7) is 0. The summed E-state index contributed by atoms with van der Waals surface area (Å²) in [6.07, 6.45) is -0.849. The predicted octanol–water partition coefficient (Wildman–Crippen LogP) is 6.05. The van der Waals surface area contributed by atoms with Crippen LogP contribution >= 0.6 is 0 Å². The van der Waals surface area contributed by atoms with Crippen LogP contribution in [0, 0.1) is 0 Å². The number of nitrogens with one attached hydrogen (secondary N) is 2. The van der Waals surface area contributed by atoms with Crippen molar-refractivity contribution in [2.24, 2.45) is 0 Å². The van der Waals surface area contributed by atoms with Gasteiger partial charge in [0.2, 0.25) is 0 Å². The van der Waals surface area contributed by atoms with Gasteiger partial charge in [-0.2, -0.15) is 0 Å². The lowest BCUT2D eigenvalue weighted by Crippen LogP contribution is -2.03. The van der Waals surface area contributed by atoms with Gasteiger partial charge in [-0.25, -0.2) is 0 Å². The molecule has 0 atom stereocenters. The second-order valence-electron chi connectivity index (χ2n) is 7.96. The Kier molecular flexibility index (Phi) is 4.13. The number of H-pyrrole nitrogens is 2. The van der Waals surface area contributed by atoms with Gasteiger partial charge < -0.3 is 24.5 Å². The first-order valence-corrected chi connectivity index (χ1v) is 10.5. The summed E-state index contributed by atoms with van der Waals surface area (Å²) < 4.78 is 11.3. The number of hydrogen-bond acceptors (Lipinski definition) is 3. The number of aromatic amines is 2. The molecule has 2 heterocycles. The highest BCUT2D eigenvalue weighted by Crippen LogP contribution is 2.42. The summed E-state index contributed by atoms with van der Waals surface area (Å²) in [5, 5.41) is 15.7. The molecule has 5 nitrogen and oxygen atoms in total. The van der Waals surface area contributed by atoms with Crippen LogP contribution < -0.4 is 9.47 Å². The maximum absolute atomic E-state index is 11.6. The minimum Gasteiger partial charge on any atom is -0.496 e. The van der Waals surface area contributed by atoms with Crippen molar-refractivity contribution >= 4 is 43.6 Å². The van der Waals surface area contributed by atoms with Crippen molar-refractivity contribution in [3.63, 3.8) is 0 Å². The zero-order chi connectivity index (χ0) is 21.8. The predicted molar refractivity (Wildman–Crippen MR) is 129 cm³/mol. The third kappa shape index (κ3) is 2.55. The van der Waals surface area contributed by atoms with Crippen LogP contribution in [-0.4, -0.2) is 29.3 Å². The summed E-state index contributed by atoms with van der Waals surface area (Å²) in [5.74, 6) is 1.55. The van der Waals surface area contributed by atoms with Gasteiger partial charge in [-0.05, 0) is 24.3 Å². The van der Waals surface area contributed by atoms with Crippen molar-refractivity contribution in [2.75, 3.05) is 14.2 Å². The Morgan fingerprint density at radius 2 is 1.06 bits per heavy atom. The molecule has 0 spiro atoms. The first-order chi connectivity index (χ1) is 15.7. The van der Waals surface area contributed by atoms with Crippen LogP contribution in [0.2, 0.25) is 0 Å². The topological polar surface area (TPSA) is 70.3 Å². The fourth-order valence-electron chi connectivity index (χ4n) is 4.86. The van der Waals surface area contributed by atoms with Gasteiger partial charge in [-0.3, -0.25) is 0 Å². The summed E-state index contributed by atoms with van der Waals surface area (Å²) >= 11 is 0. The molecule has 0 fully saturated rings. The summed E-state index contributed by atoms with van der Waals surface area (Å²) in [4.78, 5) is 6.99. The van der Waals surface area contributed by atoms with Gasteiger partial charge in [-0.1, -0.05) is 48.5 Å². The van der Waals surface area contributed by atoms with Gasteiger partial charge in [0.05, 0.1) is 25.3 Å². The molecule has 0 radical (unpaired) electrons. The normalized spacial score (nSPS) is 11.9. The van der Waals surface area contributed by atoms with Crippen LogP contribution in [0.4, 0.5) is 0 Å². The molecule has 5 heteroatoms. The molecular weight excluding hydrogens is 400 g/mol. The Labute approximate surface area is 184 Å². The van der Waals surface area contributed by atoms with E-state index in [9.17, 15) is 5.11 Å². The lowest BCUT2D eigenvalue weighted by atomic mass is 9.96. The van der Waals surface area contributed by atoms with Crippen molar-refractivity contribution in [1.82, 2.24) is 9.97 Å². The molecule has 6 aromatic rings. The number of rotatable bonds is 4. The number of aliphatic hydroxyl groups is 1. The zero-order valence-corrected chi connectivity index (χ0v) is 17.8. The van der Waals surface area contributed by atoms with E-state index in [0.717, 1.165) is 66.2 Å². The monoisotopic (exact) mass is 422 g/mol. The third-order valence-electron chi connectivity index (χ3n) is 6.34. The van der Waals surface area contributed by atoms with Gasteiger partial charge in [0.25, 0.3) is 0 Å². The highest BCUT2D eigenvalue weighted by Gasteiger charge is 2.23. The molecule has 0 aliphatic carbocycles. The number of aliphatic hydroxyl groups excluding tert-OH is 1. The van der Waals surface area contributed by atoms with E-state index in [1.165, 1.54) is 0 Å². The molecule has 0 aliphatic rings. The summed E-state index contributed by atoms with van der Waals surface area (Å²) in [6, 6.07) is 23.9. The molecule has 0 aliphatic heterocycles. The van der Waals surface area contributed by atoms with E-state index in [4.69, 9.17) is 9.47 Å². The van der Waals surface area contributed by atoms with Gasteiger partial charge >= 0.3 is 0 Å². The minimum atomic E-state index is -0.849. The lowest BCUT2D eigenvalue weighted by Gasteiger charge is -2.16. The van der Waals surface area contributed by atoms with Crippen LogP contribution in [0.15, 0.2) is 72.8 Å². The Bertz CT molecular complexity index is 1510. The van der Waals surface area contributed by atoms with Gasteiger partial charge in [0.1, 0.15) is 17.6 Å². The molecule has 0 bridgehead atoms. The van der Waals surface area contributed by atoms with Crippen molar-refractivity contribution in [2.45, 2.75) is 6.10 Å². The van der Waals surface area contributed by atoms with E-state index in [-0.39, 0.29) is 0 Å². The number of para-hydroxylation sites is 2. The maximum atomic E-state index is 11.6. The number of methoxy groups -OCH3 is 2. The molecule has 0 saturated heterocycles. The van der Waals surface area contributed by atoms with Crippen molar-refractivity contribution in [3.8, 4) is 11.5 Å². The second-order valence-corrected chi connectivity index (χ2v) is 7.96. The van der Waals surface area contributed by atoms with Gasteiger partial charge in [0.15, 0.2) is 0 Å². The molecule has 0 amide bonds. The molecular formula is C27H22N2O3. The smallest absolute Gasteiger partial charge is 0.128 e. The summed E-state index contributed by atoms with van der Waals surface area (Å²) in [7, 11) is 3.34. The largest absolute Gasteiger partial charge is 0.496 e. The lowest BCUT2D eigenvalue weighted by molar-refractivity contribution is 0.223. The van der Waals surface area contributed by atoms with E-state index < -0.39 is 6.10 Å². The number of hydrogen-bond donors (Lipinski definition) is 3. The van der Waals surface area contributed by atoms with Crippen molar-refractivity contribution in [3.05, 3.63) is 83.9 Å². The molecule has 0 saturated carbocycles. The van der Waals surface area contributed by atoms with E-state index in [0.29, 0.717) is 0 Å². The van der Waals surface area contributed by atoms with Crippen molar-refractivity contribution in [1.29, 1.82) is 0 Å². The standard InChI is InChI=1S/C27H22N2O3/c1-31-21-13-11-17(25-23(21)15-7-3-5-9-19(15)28-25)27(30)18-12-14-22(32-2)24-16-8-4-6-10-20(16)29-26(18)24/h3-14,27-30H,1-2H3. The van der Waals surface area contributed by atoms with E-state index >= 15 is 0 Å². The molecule has 32 heavy (non-hydrogen) atoms. The van der Waals surface area contributed by atoms with Gasteiger partial charge in [0, 0.05) is 43.7 Å². The Morgan fingerprint density at radius 1 is 0.625 bits per heavy atom. The minimum absolute atomic E-state index is 0.777. The third-order valence-corrected chi connectivity index (χ3v) is 6.34. The van der Waals surface area contributed by atoms with E-state index in [1.807, 2.05) is 60.7 Å². The van der Waals surface area contributed by atoms with Crippen LogP contribution in [0.1, 0.15) is 17.2 Å². The fraction of sp³-hybridized carbons (Fsp3) is 0.111. The van der Waals surface area contributed by atoms with E-state index in [1.54, 1.807) is 14.2 Å².